The number of nitrogens with zero attached hydrogens (tertiary/aromatic N) is 2. The zero-order chi connectivity index (χ0) is 14.7. The van der Waals surface area contributed by atoms with E-state index >= 15 is 0 Å². The molecule has 5 nitrogen and oxygen atoms in total. The van der Waals surface area contributed by atoms with Gasteiger partial charge in [-0.1, -0.05) is 13.0 Å². The van der Waals surface area contributed by atoms with Gasteiger partial charge in [0.05, 0.1) is 15.5 Å². The van der Waals surface area contributed by atoms with Gasteiger partial charge in [-0.2, -0.15) is 0 Å². The van der Waals surface area contributed by atoms with Crippen LogP contribution in [0.3, 0.4) is 0 Å². The highest BCUT2D eigenvalue weighted by Gasteiger charge is 2.26. The molecular weight excluding hydrogens is 324 g/mol. The molecule has 0 aromatic heterocycles. The summed E-state index contributed by atoms with van der Waals surface area (Å²) in [6.45, 7) is 4.81. The quantitative estimate of drug-likeness (QED) is 0.622. The van der Waals surface area contributed by atoms with Crippen molar-refractivity contribution in [3.05, 3.63) is 38.3 Å². The lowest BCUT2D eigenvalue weighted by Gasteiger charge is -2.36. The van der Waals surface area contributed by atoms with Crippen LogP contribution in [0.1, 0.15) is 18.9 Å². The minimum Gasteiger partial charge on any atom is -0.380 e. The molecule has 1 aromatic carbocycles. The van der Waals surface area contributed by atoms with Gasteiger partial charge in [0.2, 0.25) is 0 Å². The molecule has 0 saturated carbocycles. The summed E-state index contributed by atoms with van der Waals surface area (Å²) in [4.78, 5) is 12.9. The topological polar surface area (TPSA) is 55.6 Å². The van der Waals surface area contributed by atoms with E-state index in [1.165, 1.54) is 0 Å². The monoisotopic (exact) mass is 342 g/mol. The largest absolute Gasteiger partial charge is 0.380 e. The molecule has 1 saturated heterocycles. The van der Waals surface area contributed by atoms with Gasteiger partial charge in [-0.15, -0.1) is 0 Å². The number of nitro benzene ring substituents is 1. The zero-order valence-corrected chi connectivity index (χ0v) is 13.3. The summed E-state index contributed by atoms with van der Waals surface area (Å²) in [5.41, 5.74) is 1.08. The first kappa shape index (κ1) is 15.4. The Balaban J connectivity index is 2.07. The molecule has 110 valence electrons. The molecule has 0 spiro atoms. The molecule has 6 heteroatoms. The average Bonchev–Trinajstić information content (AvgIpc) is 2.42. The van der Waals surface area contributed by atoms with Gasteiger partial charge in [-0.05, 0) is 46.4 Å². The molecule has 1 aromatic rings. The highest BCUT2D eigenvalue weighted by molar-refractivity contribution is 9.10. The maximum Gasteiger partial charge on any atom is 0.283 e. The van der Waals surface area contributed by atoms with E-state index in [2.05, 4.69) is 27.8 Å². The minimum atomic E-state index is -0.357. The van der Waals surface area contributed by atoms with Crippen LogP contribution in [0, 0.1) is 16.0 Å². The number of nitro groups is 1. The van der Waals surface area contributed by atoms with Crippen LogP contribution in [-0.2, 0) is 11.3 Å². The molecule has 0 radical (unpaired) electrons. The molecule has 2 unspecified atom stereocenters. The van der Waals surface area contributed by atoms with Gasteiger partial charge in [0, 0.05) is 26.3 Å². The van der Waals surface area contributed by atoms with E-state index in [9.17, 15) is 10.1 Å². The number of methoxy groups -OCH3 is 1. The Morgan fingerprint density at radius 3 is 2.95 bits per heavy atom. The first-order chi connectivity index (χ1) is 9.51. The first-order valence-electron chi connectivity index (χ1n) is 6.69. The van der Waals surface area contributed by atoms with Crippen LogP contribution in [0.2, 0.25) is 0 Å². The fourth-order valence-electron chi connectivity index (χ4n) is 2.60. The molecule has 0 N–H and O–H groups in total. The number of hydrogen-bond acceptors (Lipinski definition) is 4. The molecule has 1 aliphatic heterocycles. The lowest BCUT2D eigenvalue weighted by atomic mass is 9.95. The molecule has 1 fully saturated rings. The summed E-state index contributed by atoms with van der Waals surface area (Å²) >= 11 is 3.21. The Labute approximate surface area is 127 Å². The van der Waals surface area contributed by atoms with Crippen molar-refractivity contribution in [3.63, 3.8) is 0 Å². The SMILES string of the molecule is COC1CN(Cc2ccc(Br)c([N+](=O)[O-])c2)CCC1C. The minimum absolute atomic E-state index is 0.121. The summed E-state index contributed by atoms with van der Waals surface area (Å²) in [5.74, 6) is 0.565. The number of hydrogen-bond donors (Lipinski definition) is 0. The van der Waals surface area contributed by atoms with Crippen molar-refractivity contribution in [2.75, 3.05) is 20.2 Å². The van der Waals surface area contributed by atoms with E-state index < -0.39 is 0 Å². The number of halogens is 1. The Morgan fingerprint density at radius 2 is 2.30 bits per heavy atom. The predicted molar refractivity (Wildman–Crippen MR) is 80.7 cm³/mol. The van der Waals surface area contributed by atoms with Crippen LogP contribution in [-0.4, -0.2) is 36.1 Å². The van der Waals surface area contributed by atoms with Gasteiger partial charge >= 0.3 is 0 Å². The van der Waals surface area contributed by atoms with Crippen molar-refractivity contribution in [2.24, 2.45) is 5.92 Å². The van der Waals surface area contributed by atoms with Crippen LogP contribution in [0.4, 0.5) is 5.69 Å². The van der Waals surface area contributed by atoms with Crippen molar-refractivity contribution in [3.8, 4) is 0 Å². The third kappa shape index (κ3) is 3.56. The maximum absolute atomic E-state index is 10.9. The van der Waals surface area contributed by atoms with Crippen LogP contribution in [0.15, 0.2) is 22.7 Å². The molecule has 2 atom stereocenters. The standard InChI is InChI=1S/C14H19BrN2O3/c1-10-5-6-16(9-14(10)20-2)8-11-3-4-12(15)13(7-11)17(18)19/h3-4,7,10,14H,5-6,8-9H2,1-2H3. The molecule has 20 heavy (non-hydrogen) atoms. The van der Waals surface area contributed by atoms with Gasteiger partial charge < -0.3 is 4.74 Å². The van der Waals surface area contributed by atoms with E-state index in [1.807, 2.05) is 6.07 Å². The summed E-state index contributed by atoms with van der Waals surface area (Å²) < 4.78 is 6.02. The Hall–Kier alpha value is -0.980. The van der Waals surface area contributed by atoms with Crippen molar-refractivity contribution in [1.29, 1.82) is 0 Å². The Bertz CT molecular complexity index is 495. The summed E-state index contributed by atoms with van der Waals surface area (Å²) in [7, 11) is 1.75. The fraction of sp³-hybridized carbons (Fsp3) is 0.571. The molecule has 0 bridgehead atoms. The van der Waals surface area contributed by atoms with Crippen LogP contribution < -0.4 is 0 Å². The van der Waals surface area contributed by atoms with Crippen molar-refractivity contribution in [2.45, 2.75) is 26.0 Å². The Kier molecular flexibility index (Phi) is 5.12. The van der Waals surface area contributed by atoms with Crippen LogP contribution in [0.5, 0.6) is 0 Å². The second-order valence-electron chi connectivity index (χ2n) is 5.32. The third-order valence-electron chi connectivity index (χ3n) is 3.89. The molecule has 1 aliphatic rings. The summed E-state index contributed by atoms with van der Waals surface area (Å²) in [6.07, 6.45) is 1.34. The molecular formula is C14H19BrN2O3. The smallest absolute Gasteiger partial charge is 0.283 e. The number of ether oxygens (including phenoxy) is 1. The van der Waals surface area contributed by atoms with E-state index in [0.29, 0.717) is 10.4 Å². The van der Waals surface area contributed by atoms with Crippen molar-refractivity contribution in [1.82, 2.24) is 4.90 Å². The molecule has 1 heterocycles. The van der Waals surface area contributed by atoms with Gasteiger partial charge in [0.15, 0.2) is 0 Å². The van der Waals surface area contributed by atoms with Gasteiger partial charge in [0.25, 0.3) is 5.69 Å². The predicted octanol–water partition coefficient (Wildman–Crippen LogP) is 3.21. The van der Waals surface area contributed by atoms with Crippen molar-refractivity contribution < 1.29 is 9.66 Å². The van der Waals surface area contributed by atoms with Crippen LogP contribution >= 0.6 is 15.9 Å². The van der Waals surface area contributed by atoms with Crippen LogP contribution in [0.25, 0.3) is 0 Å². The maximum atomic E-state index is 10.9. The molecule has 0 aliphatic carbocycles. The summed E-state index contributed by atoms with van der Waals surface area (Å²) in [5, 5.41) is 10.9. The third-order valence-corrected chi connectivity index (χ3v) is 4.56. The van der Waals surface area contributed by atoms with Gasteiger partial charge in [0.1, 0.15) is 0 Å². The Morgan fingerprint density at radius 1 is 1.55 bits per heavy atom. The highest BCUT2D eigenvalue weighted by atomic mass is 79.9. The molecule has 0 amide bonds. The van der Waals surface area contributed by atoms with Gasteiger partial charge in [-0.25, -0.2) is 0 Å². The second kappa shape index (κ2) is 6.65. The van der Waals surface area contributed by atoms with E-state index in [-0.39, 0.29) is 16.7 Å². The van der Waals surface area contributed by atoms with E-state index in [4.69, 9.17) is 4.74 Å². The van der Waals surface area contributed by atoms with E-state index in [0.717, 1.165) is 31.6 Å². The average molecular weight is 343 g/mol. The number of rotatable bonds is 4. The number of likely N-dealkylation sites (tertiary alicyclic amines) is 1. The fourth-order valence-corrected chi connectivity index (χ4v) is 2.99. The lowest BCUT2D eigenvalue weighted by Crippen LogP contribution is -2.43. The number of piperidine rings is 1. The highest BCUT2D eigenvalue weighted by Crippen LogP contribution is 2.27. The normalized spacial score (nSPS) is 23.8. The van der Waals surface area contributed by atoms with E-state index in [1.54, 1.807) is 19.2 Å². The van der Waals surface area contributed by atoms with Gasteiger partial charge in [-0.3, -0.25) is 15.0 Å². The second-order valence-corrected chi connectivity index (χ2v) is 6.17. The lowest BCUT2D eigenvalue weighted by molar-refractivity contribution is -0.385. The number of benzene rings is 1. The first-order valence-corrected chi connectivity index (χ1v) is 7.48. The summed E-state index contributed by atoms with van der Waals surface area (Å²) in [6, 6.07) is 5.31. The molecule has 2 rings (SSSR count). The zero-order valence-electron chi connectivity index (χ0n) is 11.7. The van der Waals surface area contributed by atoms with Crippen molar-refractivity contribution >= 4 is 21.6 Å².